The lowest BCUT2D eigenvalue weighted by Crippen LogP contribution is -2.11. The van der Waals surface area contributed by atoms with Crippen molar-refractivity contribution in [1.29, 1.82) is 0 Å². The number of benzene rings is 2. The number of para-hydroxylation sites is 1. The zero-order valence-corrected chi connectivity index (χ0v) is 10.4. The Morgan fingerprint density at radius 2 is 1.70 bits per heavy atom. The minimum absolute atomic E-state index is 0.00646. The van der Waals surface area contributed by atoms with Gasteiger partial charge in [-0.05, 0) is 24.3 Å². The van der Waals surface area contributed by atoms with Gasteiger partial charge in [0.1, 0.15) is 11.5 Å². The predicted octanol–water partition coefficient (Wildman–Crippen LogP) is 2.64. The third kappa shape index (κ3) is 2.09. The maximum absolute atomic E-state index is 13.7. The molecule has 0 fully saturated rings. The number of hydrogen-bond acceptors (Lipinski definition) is 3. The van der Waals surface area contributed by atoms with Crippen LogP contribution in [-0.2, 0) is 0 Å². The number of hydrogen-bond donors (Lipinski definition) is 0. The Morgan fingerprint density at radius 3 is 2.45 bits per heavy atom. The lowest BCUT2D eigenvalue weighted by atomic mass is 10.1. The van der Waals surface area contributed by atoms with Gasteiger partial charge in [0.05, 0.1) is 17.4 Å². The van der Waals surface area contributed by atoms with Gasteiger partial charge >= 0.3 is 0 Å². The second kappa shape index (κ2) is 5.05. The number of rotatable bonds is 3. The molecule has 0 radical (unpaired) electrons. The van der Waals surface area contributed by atoms with E-state index in [-0.39, 0.29) is 11.3 Å². The molecule has 1 heterocycles. The van der Waals surface area contributed by atoms with E-state index in [4.69, 9.17) is 0 Å². The molecule has 3 aromatic rings. The van der Waals surface area contributed by atoms with Crippen LogP contribution in [-0.4, -0.2) is 20.8 Å². The van der Waals surface area contributed by atoms with E-state index in [9.17, 15) is 9.18 Å². The van der Waals surface area contributed by atoms with Crippen LogP contribution >= 0.6 is 0 Å². The second-order valence-corrected chi connectivity index (χ2v) is 4.18. The zero-order chi connectivity index (χ0) is 13.9. The maximum atomic E-state index is 13.7. The van der Waals surface area contributed by atoms with Crippen LogP contribution < -0.4 is 0 Å². The van der Waals surface area contributed by atoms with Gasteiger partial charge in [-0.3, -0.25) is 4.79 Å². The van der Waals surface area contributed by atoms with Crippen LogP contribution in [0.1, 0.15) is 16.1 Å². The molecule has 0 bridgehead atoms. The molecule has 5 heteroatoms. The van der Waals surface area contributed by atoms with E-state index < -0.39 is 11.6 Å². The average molecular weight is 267 g/mol. The van der Waals surface area contributed by atoms with Gasteiger partial charge in [-0.25, -0.2) is 9.07 Å². The van der Waals surface area contributed by atoms with Gasteiger partial charge in [-0.1, -0.05) is 35.5 Å². The van der Waals surface area contributed by atoms with Crippen molar-refractivity contribution in [1.82, 2.24) is 15.0 Å². The molecule has 20 heavy (non-hydrogen) atoms. The Morgan fingerprint density at radius 1 is 1.00 bits per heavy atom. The van der Waals surface area contributed by atoms with Crippen molar-refractivity contribution in [2.45, 2.75) is 0 Å². The average Bonchev–Trinajstić information content (AvgIpc) is 2.97. The molecule has 0 saturated heterocycles. The monoisotopic (exact) mass is 267 g/mol. The maximum Gasteiger partial charge on any atom is 0.216 e. The van der Waals surface area contributed by atoms with Crippen molar-refractivity contribution in [3.05, 3.63) is 77.9 Å². The highest BCUT2D eigenvalue weighted by Gasteiger charge is 2.19. The molecule has 0 atom stereocenters. The van der Waals surface area contributed by atoms with Crippen LogP contribution in [0.25, 0.3) is 5.69 Å². The number of aromatic nitrogens is 3. The Balaban J connectivity index is 2.07. The fourth-order valence-corrected chi connectivity index (χ4v) is 1.93. The number of carbonyl (C=O) groups is 1. The summed E-state index contributed by atoms with van der Waals surface area (Å²) in [7, 11) is 0. The van der Waals surface area contributed by atoms with Gasteiger partial charge in [0.2, 0.25) is 5.78 Å². The van der Waals surface area contributed by atoms with E-state index >= 15 is 0 Å². The highest BCUT2D eigenvalue weighted by atomic mass is 19.1. The summed E-state index contributed by atoms with van der Waals surface area (Å²) >= 11 is 0. The molecular weight excluding hydrogens is 257 g/mol. The summed E-state index contributed by atoms with van der Waals surface area (Å²) in [5, 5.41) is 7.63. The summed E-state index contributed by atoms with van der Waals surface area (Å²) < 4.78 is 15.1. The molecule has 2 aromatic carbocycles. The fourth-order valence-electron chi connectivity index (χ4n) is 1.93. The first-order valence-electron chi connectivity index (χ1n) is 6.03. The number of carbonyl (C=O) groups excluding carboxylic acids is 1. The van der Waals surface area contributed by atoms with Crippen molar-refractivity contribution < 1.29 is 9.18 Å². The molecule has 0 unspecified atom stereocenters. The molecule has 3 rings (SSSR count). The highest BCUT2D eigenvalue weighted by molar-refractivity contribution is 6.08. The van der Waals surface area contributed by atoms with Gasteiger partial charge in [-0.2, -0.15) is 0 Å². The van der Waals surface area contributed by atoms with Gasteiger partial charge in [0.25, 0.3) is 0 Å². The largest absolute Gasteiger partial charge is 0.287 e. The zero-order valence-electron chi connectivity index (χ0n) is 10.4. The van der Waals surface area contributed by atoms with Crippen LogP contribution in [0.15, 0.2) is 60.8 Å². The fraction of sp³-hybridized carbons (Fsp3) is 0. The third-order valence-electron chi connectivity index (χ3n) is 2.90. The van der Waals surface area contributed by atoms with Crippen molar-refractivity contribution >= 4 is 5.78 Å². The summed E-state index contributed by atoms with van der Waals surface area (Å²) in [6.07, 6.45) is 1.34. The number of halogens is 1. The lowest BCUT2D eigenvalue weighted by Gasteiger charge is -2.05. The second-order valence-electron chi connectivity index (χ2n) is 4.18. The van der Waals surface area contributed by atoms with E-state index in [1.54, 1.807) is 24.3 Å². The molecular formula is C15H10FN3O. The molecule has 0 amide bonds. The predicted molar refractivity (Wildman–Crippen MR) is 71.2 cm³/mol. The first kappa shape index (κ1) is 12.2. The van der Waals surface area contributed by atoms with E-state index in [2.05, 4.69) is 10.3 Å². The summed E-state index contributed by atoms with van der Waals surface area (Å²) in [6, 6.07) is 15.0. The molecule has 98 valence electrons. The van der Waals surface area contributed by atoms with Crippen molar-refractivity contribution in [3.63, 3.8) is 0 Å². The van der Waals surface area contributed by atoms with Crippen LogP contribution in [0.4, 0.5) is 4.39 Å². The molecule has 0 spiro atoms. The third-order valence-corrected chi connectivity index (χ3v) is 2.90. The number of ketones is 1. The van der Waals surface area contributed by atoms with E-state index in [1.807, 2.05) is 18.2 Å². The highest BCUT2D eigenvalue weighted by Crippen LogP contribution is 2.15. The minimum atomic E-state index is -0.557. The van der Waals surface area contributed by atoms with Gasteiger partial charge in [0, 0.05) is 0 Å². The van der Waals surface area contributed by atoms with E-state index in [0.717, 1.165) is 0 Å². The molecule has 0 aliphatic heterocycles. The Kier molecular flexibility index (Phi) is 3.09. The summed E-state index contributed by atoms with van der Waals surface area (Å²) in [6.45, 7) is 0. The van der Waals surface area contributed by atoms with Crippen LogP contribution in [0.2, 0.25) is 0 Å². The van der Waals surface area contributed by atoms with Crippen LogP contribution in [0.3, 0.4) is 0 Å². The Labute approximate surface area is 114 Å². The van der Waals surface area contributed by atoms with Crippen LogP contribution in [0, 0.1) is 5.82 Å². The number of nitrogens with zero attached hydrogens (tertiary/aromatic N) is 3. The SMILES string of the molecule is O=C(c1ccccc1F)c1cnnn1-c1ccccc1. The molecule has 0 N–H and O–H groups in total. The van der Waals surface area contributed by atoms with E-state index in [0.29, 0.717) is 5.69 Å². The molecule has 0 saturated carbocycles. The molecule has 0 aliphatic carbocycles. The summed E-state index contributed by atoms with van der Waals surface area (Å²) in [5.41, 5.74) is 0.929. The minimum Gasteiger partial charge on any atom is -0.287 e. The molecule has 1 aromatic heterocycles. The smallest absolute Gasteiger partial charge is 0.216 e. The van der Waals surface area contributed by atoms with Crippen molar-refractivity contribution in [2.75, 3.05) is 0 Å². The normalized spacial score (nSPS) is 10.4. The van der Waals surface area contributed by atoms with E-state index in [1.165, 1.54) is 23.0 Å². The molecule has 0 aliphatic rings. The van der Waals surface area contributed by atoms with Gasteiger partial charge in [0.15, 0.2) is 0 Å². The Bertz CT molecular complexity index is 753. The summed E-state index contributed by atoms with van der Waals surface area (Å²) in [4.78, 5) is 12.4. The topological polar surface area (TPSA) is 47.8 Å². The van der Waals surface area contributed by atoms with Gasteiger partial charge in [-0.15, -0.1) is 5.10 Å². The first-order valence-corrected chi connectivity index (χ1v) is 6.03. The lowest BCUT2D eigenvalue weighted by molar-refractivity contribution is 0.102. The standard InChI is InChI=1S/C15H10FN3O/c16-13-9-5-4-8-12(13)15(20)14-10-17-18-19(14)11-6-2-1-3-7-11/h1-10H. The van der Waals surface area contributed by atoms with Crippen LogP contribution in [0.5, 0.6) is 0 Å². The van der Waals surface area contributed by atoms with Gasteiger partial charge < -0.3 is 0 Å². The van der Waals surface area contributed by atoms with Crippen molar-refractivity contribution in [2.24, 2.45) is 0 Å². The van der Waals surface area contributed by atoms with Crippen molar-refractivity contribution in [3.8, 4) is 5.69 Å². The quantitative estimate of drug-likeness (QED) is 0.685. The first-order chi connectivity index (χ1) is 9.77. The Hall–Kier alpha value is -2.82. The molecule has 4 nitrogen and oxygen atoms in total. The summed E-state index contributed by atoms with van der Waals surface area (Å²) in [5.74, 6) is -1.00.